The van der Waals surface area contributed by atoms with Crippen LogP contribution in [0.2, 0.25) is 0 Å². The number of unbranched alkanes of at least 4 members (excludes halogenated alkanes) is 26. The molecule has 0 rings (SSSR count). The van der Waals surface area contributed by atoms with Gasteiger partial charge in [-0.1, -0.05) is 265 Å². The molecule has 66 heavy (non-hydrogen) atoms. The van der Waals surface area contributed by atoms with Crippen molar-refractivity contribution in [2.45, 2.75) is 264 Å². The van der Waals surface area contributed by atoms with E-state index < -0.39 is 6.10 Å². The molecule has 0 amide bonds. The number of carbonyl (C=O) groups excluding carboxylic acids is 2. The second-order valence-corrected chi connectivity index (χ2v) is 18.3. The molecule has 0 radical (unpaired) electrons. The van der Waals surface area contributed by atoms with Crippen molar-refractivity contribution >= 4 is 11.9 Å². The molecule has 0 saturated carbocycles. The summed E-state index contributed by atoms with van der Waals surface area (Å²) in [5, 5.41) is 9.64. The van der Waals surface area contributed by atoms with E-state index in [4.69, 9.17) is 9.47 Å². The van der Waals surface area contributed by atoms with E-state index >= 15 is 0 Å². The maximum Gasteiger partial charge on any atom is 0.306 e. The molecule has 378 valence electrons. The zero-order valence-electron chi connectivity index (χ0n) is 43.2. The van der Waals surface area contributed by atoms with Crippen molar-refractivity contribution in [3.63, 3.8) is 0 Å². The first-order chi connectivity index (χ1) is 32.6. The van der Waals surface area contributed by atoms with E-state index in [0.717, 1.165) is 89.9 Å². The van der Waals surface area contributed by atoms with Crippen LogP contribution in [0, 0.1) is 0 Å². The fourth-order valence-electron chi connectivity index (χ4n) is 7.75. The van der Waals surface area contributed by atoms with Gasteiger partial charge in [0.25, 0.3) is 0 Å². The van der Waals surface area contributed by atoms with Crippen molar-refractivity contribution in [3.05, 3.63) is 97.2 Å². The maximum atomic E-state index is 12.3. The fraction of sp³-hybridized carbons (Fsp3) is 0.705. The largest absolute Gasteiger partial charge is 0.462 e. The van der Waals surface area contributed by atoms with Crippen molar-refractivity contribution in [1.29, 1.82) is 0 Å². The van der Waals surface area contributed by atoms with Gasteiger partial charge in [-0.25, -0.2) is 0 Å². The van der Waals surface area contributed by atoms with E-state index in [1.54, 1.807) is 0 Å². The molecule has 1 atom stereocenters. The Hall–Kier alpha value is -3.18. The van der Waals surface area contributed by atoms with Gasteiger partial charge in [0.05, 0.1) is 6.61 Å². The quantitative estimate of drug-likeness (QED) is 0.0374. The minimum absolute atomic E-state index is 0.0864. The van der Waals surface area contributed by atoms with Gasteiger partial charge in [-0.05, 0) is 77.0 Å². The zero-order valence-corrected chi connectivity index (χ0v) is 43.2. The molecular formula is C61H104O5. The second-order valence-electron chi connectivity index (χ2n) is 18.3. The number of aliphatic hydroxyl groups excluding tert-OH is 1. The van der Waals surface area contributed by atoms with Gasteiger partial charge in [0.15, 0.2) is 6.10 Å². The van der Waals surface area contributed by atoms with Gasteiger partial charge in [0.1, 0.15) is 6.61 Å². The first-order valence-corrected chi connectivity index (χ1v) is 27.8. The number of hydrogen-bond donors (Lipinski definition) is 1. The zero-order chi connectivity index (χ0) is 47.7. The molecule has 0 spiro atoms. The molecule has 1 unspecified atom stereocenters. The summed E-state index contributed by atoms with van der Waals surface area (Å²) in [6.45, 7) is 4.01. The highest BCUT2D eigenvalue weighted by Gasteiger charge is 2.16. The number of allylic oxidation sites excluding steroid dienone is 16. The summed E-state index contributed by atoms with van der Waals surface area (Å²) in [6, 6.07) is 0. The number of ether oxygens (including phenoxy) is 2. The Labute approximate surface area is 408 Å². The van der Waals surface area contributed by atoms with E-state index in [2.05, 4.69) is 111 Å². The average molecular weight is 917 g/mol. The molecule has 0 fully saturated rings. The third kappa shape index (κ3) is 53.4. The van der Waals surface area contributed by atoms with Crippen LogP contribution in [0.3, 0.4) is 0 Å². The maximum absolute atomic E-state index is 12.3. The summed E-state index contributed by atoms with van der Waals surface area (Å²) in [6.07, 6.45) is 79.5. The van der Waals surface area contributed by atoms with Gasteiger partial charge in [0, 0.05) is 12.8 Å². The number of rotatable bonds is 50. The minimum Gasteiger partial charge on any atom is -0.462 e. The van der Waals surface area contributed by atoms with Gasteiger partial charge in [0.2, 0.25) is 0 Å². The first-order valence-electron chi connectivity index (χ1n) is 27.8. The molecule has 0 heterocycles. The molecule has 0 aliphatic heterocycles. The van der Waals surface area contributed by atoms with Gasteiger partial charge < -0.3 is 14.6 Å². The standard InChI is InChI=1S/C61H104O5/c1-3-5-7-9-11-13-15-17-19-21-23-25-27-29-30-32-34-36-38-40-42-44-46-48-50-52-54-56-61(64)66-59(57-62)58-65-60(63)55-53-51-49-47-45-43-41-39-37-35-33-31-28-26-24-22-20-18-16-14-12-10-8-6-4-2/h5,7,11,13,17,19,23,25,29-30,34,36,40,42,46,48,59,62H,3-4,6,8-10,12,14-16,18,20-22,24,26-28,31-33,35,37-39,41,43-45,47,49-58H2,1-2H3/b7-5-,13-11-,19-17-,25-23-,30-29-,36-34-,42-40-,48-46-. The van der Waals surface area contributed by atoms with E-state index in [1.165, 1.54) is 141 Å². The summed E-state index contributed by atoms with van der Waals surface area (Å²) in [5.74, 6) is -0.638. The number of esters is 2. The van der Waals surface area contributed by atoms with Crippen LogP contribution < -0.4 is 0 Å². The lowest BCUT2D eigenvalue weighted by Gasteiger charge is -2.15. The average Bonchev–Trinajstić information content (AvgIpc) is 3.32. The molecule has 0 aromatic carbocycles. The Morgan fingerprint density at radius 3 is 0.985 bits per heavy atom. The highest BCUT2D eigenvalue weighted by Crippen LogP contribution is 2.16. The van der Waals surface area contributed by atoms with Crippen LogP contribution in [0.1, 0.15) is 258 Å². The molecule has 5 nitrogen and oxygen atoms in total. The third-order valence-corrected chi connectivity index (χ3v) is 11.9. The molecule has 5 heteroatoms. The molecule has 0 aliphatic rings. The highest BCUT2D eigenvalue weighted by molar-refractivity contribution is 5.70. The van der Waals surface area contributed by atoms with Crippen LogP contribution in [-0.4, -0.2) is 36.4 Å². The SMILES string of the molecule is CC/C=C\C/C=C\C/C=C\C/C=C\C/C=C\C/C=C\C/C=C\C/C=C\CCCCC(=O)OC(CO)COC(=O)CCCCCCCCCCCCCCCCCCCCCCCCCCC. The van der Waals surface area contributed by atoms with Crippen LogP contribution in [0.25, 0.3) is 0 Å². The number of aliphatic hydroxyl groups is 1. The lowest BCUT2D eigenvalue weighted by atomic mass is 10.0. The van der Waals surface area contributed by atoms with Crippen LogP contribution in [0.5, 0.6) is 0 Å². The van der Waals surface area contributed by atoms with Crippen LogP contribution >= 0.6 is 0 Å². The topological polar surface area (TPSA) is 72.8 Å². The minimum atomic E-state index is -0.801. The van der Waals surface area contributed by atoms with E-state index in [-0.39, 0.29) is 25.2 Å². The summed E-state index contributed by atoms with van der Waals surface area (Å²) in [5.41, 5.74) is 0. The summed E-state index contributed by atoms with van der Waals surface area (Å²) >= 11 is 0. The predicted octanol–water partition coefficient (Wildman–Crippen LogP) is 18.7. The van der Waals surface area contributed by atoms with Crippen molar-refractivity contribution in [2.24, 2.45) is 0 Å². The van der Waals surface area contributed by atoms with Crippen LogP contribution in [-0.2, 0) is 19.1 Å². The fourth-order valence-corrected chi connectivity index (χ4v) is 7.75. The second kappa shape index (κ2) is 56.1. The lowest BCUT2D eigenvalue weighted by Crippen LogP contribution is -2.28. The van der Waals surface area contributed by atoms with Crippen molar-refractivity contribution < 1.29 is 24.2 Å². The summed E-state index contributed by atoms with van der Waals surface area (Å²) in [4.78, 5) is 24.5. The molecular weight excluding hydrogens is 813 g/mol. The van der Waals surface area contributed by atoms with Gasteiger partial charge in [-0.15, -0.1) is 0 Å². The Kier molecular flexibility index (Phi) is 53.4. The van der Waals surface area contributed by atoms with Gasteiger partial charge in [-0.3, -0.25) is 9.59 Å². The molecule has 0 bridgehead atoms. The van der Waals surface area contributed by atoms with Crippen LogP contribution in [0.15, 0.2) is 97.2 Å². The smallest absolute Gasteiger partial charge is 0.306 e. The molecule has 0 aromatic rings. The lowest BCUT2D eigenvalue weighted by molar-refractivity contribution is -0.161. The van der Waals surface area contributed by atoms with Crippen molar-refractivity contribution in [2.75, 3.05) is 13.2 Å². The van der Waals surface area contributed by atoms with Gasteiger partial charge in [-0.2, -0.15) is 0 Å². The Balaban J connectivity index is 3.59. The first kappa shape index (κ1) is 62.8. The third-order valence-electron chi connectivity index (χ3n) is 11.9. The van der Waals surface area contributed by atoms with Crippen molar-refractivity contribution in [1.82, 2.24) is 0 Å². The number of carbonyl (C=O) groups is 2. The van der Waals surface area contributed by atoms with E-state index in [9.17, 15) is 14.7 Å². The molecule has 0 aromatic heterocycles. The van der Waals surface area contributed by atoms with Crippen molar-refractivity contribution in [3.8, 4) is 0 Å². The normalized spacial score (nSPS) is 13.0. The van der Waals surface area contributed by atoms with Crippen LogP contribution in [0.4, 0.5) is 0 Å². The van der Waals surface area contributed by atoms with E-state index in [0.29, 0.717) is 12.8 Å². The predicted molar refractivity (Wildman–Crippen MR) is 288 cm³/mol. The summed E-state index contributed by atoms with van der Waals surface area (Å²) < 4.78 is 10.7. The molecule has 1 N–H and O–H groups in total. The highest BCUT2D eigenvalue weighted by atomic mass is 16.6. The number of hydrogen-bond acceptors (Lipinski definition) is 5. The Morgan fingerprint density at radius 1 is 0.364 bits per heavy atom. The van der Waals surface area contributed by atoms with E-state index in [1.807, 2.05) is 0 Å². The monoisotopic (exact) mass is 917 g/mol. The Bertz CT molecular complexity index is 1270. The van der Waals surface area contributed by atoms with Gasteiger partial charge >= 0.3 is 11.9 Å². The molecule has 0 aliphatic carbocycles. The summed E-state index contributed by atoms with van der Waals surface area (Å²) in [7, 11) is 0. The molecule has 0 saturated heterocycles. The Morgan fingerprint density at radius 2 is 0.652 bits per heavy atom.